The smallest absolute Gasteiger partial charge is 0.124 e. The van der Waals surface area contributed by atoms with Crippen LogP contribution in [0.15, 0.2) is 0 Å². The van der Waals surface area contributed by atoms with Gasteiger partial charge in [0.1, 0.15) is 9.53 Å². The van der Waals surface area contributed by atoms with E-state index >= 15 is 0 Å². The summed E-state index contributed by atoms with van der Waals surface area (Å²) in [6.07, 6.45) is 2.48. The van der Waals surface area contributed by atoms with Crippen molar-refractivity contribution in [1.82, 2.24) is 15.3 Å². The van der Waals surface area contributed by atoms with Crippen molar-refractivity contribution in [3.8, 4) is 0 Å². The van der Waals surface area contributed by atoms with Crippen molar-refractivity contribution in [3.05, 3.63) is 15.2 Å². The molecule has 3 nitrogen and oxygen atoms in total. The summed E-state index contributed by atoms with van der Waals surface area (Å²) >= 11 is 2.29. The number of halogens is 2. The standard InChI is InChI=1S/C8H12IN3.ClH/c1-5-7(9)12-8(11-5)6-3-2-4-10-6;/h6,10H,2-4H2,1H3,(H,11,12);1H/t6-;/m0./s1. The van der Waals surface area contributed by atoms with Crippen LogP contribution in [0.25, 0.3) is 0 Å². The molecule has 0 aromatic carbocycles. The van der Waals surface area contributed by atoms with Gasteiger partial charge in [-0.3, -0.25) is 0 Å². The first-order valence-corrected chi connectivity index (χ1v) is 5.30. The fraction of sp³-hybridized carbons (Fsp3) is 0.625. The number of aryl methyl sites for hydroxylation is 1. The molecule has 74 valence electrons. The van der Waals surface area contributed by atoms with Crippen LogP contribution in [0.1, 0.15) is 30.4 Å². The molecule has 1 saturated heterocycles. The van der Waals surface area contributed by atoms with Gasteiger partial charge in [-0.2, -0.15) is 0 Å². The number of aromatic amines is 1. The second-order valence-corrected chi connectivity index (χ2v) is 4.25. The molecule has 2 rings (SSSR count). The van der Waals surface area contributed by atoms with Crippen LogP contribution in [0.5, 0.6) is 0 Å². The molecule has 1 aromatic rings. The van der Waals surface area contributed by atoms with E-state index in [0.29, 0.717) is 6.04 Å². The number of nitrogens with one attached hydrogen (secondary N) is 2. The van der Waals surface area contributed by atoms with E-state index in [4.69, 9.17) is 0 Å². The highest BCUT2D eigenvalue weighted by atomic mass is 127. The van der Waals surface area contributed by atoms with Crippen molar-refractivity contribution < 1.29 is 0 Å². The maximum absolute atomic E-state index is 4.47. The first-order chi connectivity index (χ1) is 5.77. The lowest BCUT2D eigenvalue weighted by molar-refractivity contribution is 0.611. The Morgan fingerprint density at radius 3 is 2.77 bits per heavy atom. The number of H-pyrrole nitrogens is 1. The monoisotopic (exact) mass is 313 g/mol. The van der Waals surface area contributed by atoms with Crippen LogP contribution in [-0.2, 0) is 0 Å². The van der Waals surface area contributed by atoms with E-state index in [1.165, 1.54) is 12.8 Å². The Morgan fingerprint density at radius 1 is 1.54 bits per heavy atom. The number of rotatable bonds is 1. The molecular formula is C8H13ClIN3. The molecule has 0 spiro atoms. The molecule has 0 aliphatic carbocycles. The van der Waals surface area contributed by atoms with E-state index < -0.39 is 0 Å². The number of nitrogens with zero attached hydrogens (tertiary/aromatic N) is 1. The zero-order valence-corrected chi connectivity index (χ0v) is 10.4. The summed E-state index contributed by atoms with van der Waals surface area (Å²) in [6.45, 7) is 3.16. The Balaban J connectivity index is 0.000000845. The highest BCUT2D eigenvalue weighted by Gasteiger charge is 2.19. The minimum absolute atomic E-state index is 0. The molecule has 1 fully saturated rings. The van der Waals surface area contributed by atoms with Crippen LogP contribution in [0, 0.1) is 10.6 Å². The SMILES string of the molecule is Cc1nc([C@@H]2CCCN2)[nH]c1I.Cl. The summed E-state index contributed by atoms with van der Waals surface area (Å²) < 4.78 is 1.16. The largest absolute Gasteiger partial charge is 0.336 e. The molecule has 1 aromatic heterocycles. The van der Waals surface area contributed by atoms with E-state index in [1.54, 1.807) is 0 Å². The molecule has 0 unspecified atom stereocenters. The molecule has 2 N–H and O–H groups in total. The molecule has 0 saturated carbocycles. The summed E-state index contributed by atoms with van der Waals surface area (Å²) in [4.78, 5) is 7.77. The maximum Gasteiger partial charge on any atom is 0.124 e. The molecule has 5 heteroatoms. The molecular weight excluding hydrogens is 300 g/mol. The van der Waals surface area contributed by atoms with Crippen molar-refractivity contribution in [3.63, 3.8) is 0 Å². The highest BCUT2D eigenvalue weighted by Crippen LogP contribution is 2.21. The van der Waals surface area contributed by atoms with Gasteiger partial charge in [-0.15, -0.1) is 12.4 Å². The first-order valence-electron chi connectivity index (χ1n) is 4.23. The van der Waals surface area contributed by atoms with Gasteiger partial charge in [-0.1, -0.05) is 0 Å². The molecule has 1 atom stereocenters. The summed E-state index contributed by atoms with van der Waals surface area (Å²) in [6, 6.07) is 0.465. The van der Waals surface area contributed by atoms with E-state index in [0.717, 1.165) is 21.8 Å². The van der Waals surface area contributed by atoms with E-state index in [2.05, 4.69) is 37.9 Å². The third-order valence-corrected chi connectivity index (χ3v) is 3.28. The topological polar surface area (TPSA) is 40.7 Å². The predicted molar refractivity (Wildman–Crippen MR) is 63.3 cm³/mol. The lowest BCUT2D eigenvalue weighted by Crippen LogP contribution is -2.14. The Kier molecular flexibility index (Phi) is 4.00. The van der Waals surface area contributed by atoms with Gasteiger partial charge in [0.15, 0.2) is 0 Å². The first kappa shape index (κ1) is 11.3. The average Bonchev–Trinajstić information content (AvgIpc) is 2.61. The van der Waals surface area contributed by atoms with Crippen LogP contribution >= 0.6 is 35.0 Å². The fourth-order valence-electron chi connectivity index (χ4n) is 1.54. The van der Waals surface area contributed by atoms with Crippen LogP contribution in [0.2, 0.25) is 0 Å². The fourth-order valence-corrected chi connectivity index (χ4v) is 1.94. The van der Waals surface area contributed by atoms with E-state index in [9.17, 15) is 0 Å². The molecule has 0 amide bonds. The van der Waals surface area contributed by atoms with Crippen molar-refractivity contribution in [2.45, 2.75) is 25.8 Å². The minimum atomic E-state index is 0. The molecule has 1 aliphatic rings. The number of aromatic nitrogens is 2. The lowest BCUT2D eigenvalue weighted by atomic mass is 10.2. The van der Waals surface area contributed by atoms with Crippen molar-refractivity contribution in [2.75, 3.05) is 6.54 Å². The average molecular weight is 314 g/mol. The van der Waals surface area contributed by atoms with Gasteiger partial charge in [-0.25, -0.2) is 4.98 Å². The Bertz CT molecular complexity index is 261. The minimum Gasteiger partial charge on any atom is -0.336 e. The number of hydrogen-bond donors (Lipinski definition) is 2. The Morgan fingerprint density at radius 2 is 2.31 bits per heavy atom. The molecule has 2 heterocycles. The number of hydrogen-bond acceptors (Lipinski definition) is 2. The molecule has 0 bridgehead atoms. The lowest BCUT2D eigenvalue weighted by Gasteiger charge is -2.04. The third kappa shape index (κ3) is 2.35. The predicted octanol–water partition coefficient (Wildman–Crippen LogP) is 2.17. The third-order valence-electron chi connectivity index (χ3n) is 2.23. The summed E-state index contributed by atoms with van der Waals surface area (Å²) in [5, 5.41) is 3.42. The van der Waals surface area contributed by atoms with Gasteiger partial charge in [0.2, 0.25) is 0 Å². The summed E-state index contributed by atoms with van der Waals surface area (Å²) in [5.74, 6) is 1.11. The van der Waals surface area contributed by atoms with Gasteiger partial charge in [0.25, 0.3) is 0 Å². The second-order valence-electron chi connectivity index (χ2n) is 3.17. The Hall–Kier alpha value is 0.190. The van der Waals surface area contributed by atoms with Gasteiger partial charge in [0.05, 0.1) is 11.7 Å². The van der Waals surface area contributed by atoms with Crippen LogP contribution < -0.4 is 5.32 Å². The van der Waals surface area contributed by atoms with Gasteiger partial charge in [-0.05, 0) is 48.9 Å². The second kappa shape index (κ2) is 4.61. The van der Waals surface area contributed by atoms with Crippen molar-refractivity contribution in [1.29, 1.82) is 0 Å². The molecule has 1 aliphatic heterocycles. The van der Waals surface area contributed by atoms with Crippen LogP contribution in [-0.4, -0.2) is 16.5 Å². The van der Waals surface area contributed by atoms with Gasteiger partial charge < -0.3 is 10.3 Å². The Labute approximate surface area is 97.6 Å². The van der Waals surface area contributed by atoms with E-state index in [1.807, 2.05) is 6.92 Å². The van der Waals surface area contributed by atoms with Crippen LogP contribution in [0.3, 0.4) is 0 Å². The zero-order valence-electron chi connectivity index (χ0n) is 7.43. The molecule has 0 radical (unpaired) electrons. The number of imidazole rings is 1. The highest BCUT2D eigenvalue weighted by molar-refractivity contribution is 14.1. The van der Waals surface area contributed by atoms with Crippen LogP contribution in [0.4, 0.5) is 0 Å². The van der Waals surface area contributed by atoms with Crippen molar-refractivity contribution >= 4 is 35.0 Å². The van der Waals surface area contributed by atoms with E-state index in [-0.39, 0.29) is 12.4 Å². The quantitative estimate of drug-likeness (QED) is 0.780. The normalized spacial score (nSPS) is 21.5. The maximum atomic E-state index is 4.47. The van der Waals surface area contributed by atoms with Crippen molar-refractivity contribution in [2.24, 2.45) is 0 Å². The van der Waals surface area contributed by atoms with Gasteiger partial charge in [0, 0.05) is 0 Å². The molecule has 13 heavy (non-hydrogen) atoms. The summed E-state index contributed by atoms with van der Waals surface area (Å²) in [5.41, 5.74) is 1.11. The van der Waals surface area contributed by atoms with Gasteiger partial charge >= 0.3 is 0 Å². The summed E-state index contributed by atoms with van der Waals surface area (Å²) in [7, 11) is 0. The zero-order chi connectivity index (χ0) is 8.55.